The zero-order valence-electron chi connectivity index (χ0n) is 18.4. The van der Waals surface area contributed by atoms with Crippen molar-refractivity contribution in [3.63, 3.8) is 0 Å². The Labute approximate surface area is 187 Å². The van der Waals surface area contributed by atoms with Crippen LogP contribution < -0.4 is 5.32 Å². The smallest absolute Gasteiger partial charge is 0.250 e. The summed E-state index contributed by atoms with van der Waals surface area (Å²) in [7, 11) is 0. The summed E-state index contributed by atoms with van der Waals surface area (Å²) in [6.07, 6.45) is 2.41. The van der Waals surface area contributed by atoms with E-state index in [9.17, 15) is 14.4 Å². The zero-order valence-corrected chi connectivity index (χ0v) is 18.4. The van der Waals surface area contributed by atoms with Crippen LogP contribution in [0.1, 0.15) is 35.1 Å². The molecule has 0 aliphatic carbocycles. The monoisotopic (exact) mass is 429 g/mol. The molecule has 6 rings (SSSR count). The van der Waals surface area contributed by atoms with Crippen molar-refractivity contribution in [1.29, 1.82) is 0 Å². The maximum absolute atomic E-state index is 13.8. The van der Waals surface area contributed by atoms with Gasteiger partial charge in [0, 0.05) is 23.8 Å². The molecule has 4 aliphatic rings. The van der Waals surface area contributed by atoms with Crippen molar-refractivity contribution in [2.45, 2.75) is 44.7 Å². The molecule has 1 N–H and O–H groups in total. The molecule has 164 valence electrons. The van der Waals surface area contributed by atoms with Crippen LogP contribution in [0.15, 0.2) is 42.5 Å². The molecule has 1 spiro atoms. The van der Waals surface area contributed by atoms with Crippen molar-refractivity contribution in [3.8, 4) is 0 Å². The molecule has 4 aliphatic heterocycles. The molecule has 0 bridgehead atoms. The number of carbonyl (C=O) groups excluding carboxylic acids is 3. The number of likely N-dealkylation sites (tertiary alicyclic amines) is 1. The molecule has 6 heteroatoms. The Morgan fingerprint density at radius 3 is 2.59 bits per heavy atom. The van der Waals surface area contributed by atoms with Gasteiger partial charge in [-0.15, -0.1) is 0 Å². The van der Waals surface area contributed by atoms with Gasteiger partial charge in [-0.1, -0.05) is 42.5 Å². The van der Waals surface area contributed by atoms with Crippen LogP contribution in [0.4, 0.5) is 5.69 Å². The largest absolute Gasteiger partial charge is 0.324 e. The molecular weight excluding hydrogens is 402 g/mol. The second-order valence-electron chi connectivity index (χ2n) is 9.62. The first-order valence-electron chi connectivity index (χ1n) is 11.5. The Balaban J connectivity index is 1.44. The number of imide groups is 1. The number of amides is 3. The summed E-state index contributed by atoms with van der Waals surface area (Å²) in [5.41, 5.74) is 3.85. The fourth-order valence-electron chi connectivity index (χ4n) is 6.69. The molecule has 4 heterocycles. The van der Waals surface area contributed by atoms with Crippen LogP contribution in [0.3, 0.4) is 0 Å². The van der Waals surface area contributed by atoms with Gasteiger partial charge < -0.3 is 5.32 Å². The number of carbonyl (C=O) groups is 3. The summed E-state index contributed by atoms with van der Waals surface area (Å²) in [5.74, 6) is -1.54. The lowest BCUT2D eigenvalue weighted by Gasteiger charge is -2.36. The number of hydrogen-bond acceptors (Lipinski definition) is 4. The predicted octanol–water partition coefficient (Wildman–Crippen LogP) is 2.77. The number of nitrogens with one attached hydrogen (secondary N) is 1. The second kappa shape index (κ2) is 6.75. The lowest BCUT2D eigenvalue weighted by molar-refractivity contribution is -0.145. The van der Waals surface area contributed by atoms with Crippen LogP contribution in [-0.4, -0.2) is 46.7 Å². The fourth-order valence-corrected chi connectivity index (χ4v) is 6.69. The lowest BCUT2D eigenvalue weighted by atomic mass is 9.75. The molecule has 3 amide bonds. The van der Waals surface area contributed by atoms with Crippen LogP contribution in [0.5, 0.6) is 0 Å². The summed E-state index contributed by atoms with van der Waals surface area (Å²) in [6.45, 7) is 5.13. The molecule has 0 saturated carbocycles. The van der Waals surface area contributed by atoms with Gasteiger partial charge in [-0.05, 0) is 56.3 Å². The third kappa shape index (κ3) is 2.31. The molecule has 0 radical (unpaired) electrons. The van der Waals surface area contributed by atoms with E-state index in [0.29, 0.717) is 13.0 Å². The van der Waals surface area contributed by atoms with E-state index in [4.69, 9.17) is 0 Å². The van der Waals surface area contributed by atoms with E-state index in [0.717, 1.165) is 47.3 Å². The molecule has 2 aromatic rings. The molecule has 6 nitrogen and oxygen atoms in total. The van der Waals surface area contributed by atoms with Crippen LogP contribution in [-0.2, 0) is 26.3 Å². The Morgan fingerprint density at radius 1 is 1.03 bits per heavy atom. The Bertz CT molecular complexity index is 1160. The minimum Gasteiger partial charge on any atom is -0.324 e. The maximum atomic E-state index is 13.8. The summed E-state index contributed by atoms with van der Waals surface area (Å²) >= 11 is 0. The van der Waals surface area contributed by atoms with E-state index in [1.807, 2.05) is 56.3 Å². The Hall–Kier alpha value is -2.99. The number of benzene rings is 2. The quantitative estimate of drug-likeness (QED) is 0.762. The summed E-state index contributed by atoms with van der Waals surface area (Å²) < 4.78 is 0. The van der Waals surface area contributed by atoms with Crippen molar-refractivity contribution in [1.82, 2.24) is 9.80 Å². The summed E-state index contributed by atoms with van der Waals surface area (Å²) in [6, 6.07) is 13.9. The summed E-state index contributed by atoms with van der Waals surface area (Å²) in [4.78, 5) is 44.7. The predicted molar refractivity (Wildman–Crippen MR) is 120 cm³/mol. The van der Waals surface area contributed by atoms with Crippen molar-refractivity contribution in [3.05, 3.63) is 64.7 Å². The van der Waals surface area contributed by atoms with Crippen LogP contribution in [0.25, 0.3) is 0 Å². The molecule has 32 heavy (non-hydrogen) atoms. The Morgan fingerprint density at radius 2 is 1.81 bits per heavy atom. The van der Waals surface area contributed by atoms with Crippen molar-refractivity contribution < 1.29 is 14.4 Å². The lowest BCUT2D eigenvalue weighted by Crippen LogP contribution is -2.54. The topological polar surface area (TPSA) is 69.7 Å². The van der Waals surface area contributed by atoms with Crippen LogP contribution in [0.2, 0.25) is 0 Å². The summed E-state index contributed by atoms with van der Waals surface area (Å²) in [5, 5.41) is 3.11. The van der Waals surface area contributed by atoms with Gasteiger partial charge >= 0.3 is 0 Å². The van der Waals surface area contributed by atoms with Gasteiger partial charge in [0.15, 0.2) is 0 Å². The highest BCUT2D eigenvalue weighted by atomic mass is 16.2. The Kier molecular flexibility index (Phi) is 4.15. The van der Waals surface area contributed by atoms with E-state index >= 15 is 0 Å². The molecule has 0 aromatic heterocycles. The third-order valence-electron chi connectivity index (χ3n) is 8.26. The number of fused-ring (bicyclic) bond motifs is 7. The van der Waals surface area contributed by atoms with Crippen molar-refractivity contribution in [2.75, 3.05) is 18.4 Å². The third-order valence-corrected chi connectivity index (χ3v) is 8.26. The molecule has 3 fully saturated rings. The van der Waals surface area contributed by atoms with Gasteiger partial charge in [0.2, 0.25) is 17.7 Å². The van der Waals surface area contributed by atoms with Gasteiger partial charge in [0.25, 0.3) is 0 Å². The highest BCUT2D eigenvalue weighted by Crippen LogP contribution is 2.60. The number of anilines is 1. The first-order chi connectivity index (χ1) is 15.5. The number of rotatable bonds is 3. The van der Waals surface area contributed by atoms with Crippen molar-refractivity contribution >= 4 is 23.4 Å². The zero-order chi connectivity index (χ0) is 22.2. The van der Waals surface area contributed by atoms with Crippen LogP contribution >= 0.6 is 0 Å². The second-order valence-corrected chi connectivity index (χ2v) is 9.62. The standard InChI is InChI=1S/C26H27N3O3/c1-15-10-11-18-22(16(15)2)27-25(32)26(18)21-20(19-9-6-13-29(19)26)23(30)28(24(21)31)14-12-17-7-4-3-5-8-17/h3-5,7-8,10-11,19-21H,6,9,12-14H2,1-2H3,(H,27,32). The van der Waals surface area contributed by atoms with Crippen molar-refractivity contribution in [2.24, 2.45) is 11.8 Å². The molecular formula is C26H27N3O3. The number of aryl methyl sites for hydroxylation is 1. The highest BCUT2D eigenvalue weighted by molar-refractivity contribution is 6.15. The minimum absolute atomic E-state index is 0.0588. The molecule has 4 atom stereocenters. The van der Waals surface area contributed by atoms with Gasteiger partial charge in [0.05, 0.1) is 11.8 Å². The molecule has 2 aromatic carbocycles. The fraction of sp³-hybridized carbons (Fsp3) is 0.423. The number of nitrogens with zero attached hydrogens (tertiary/aromatic N) is 2. The first kappa shape index (κ1) is 19.7. The van der Waals surface area contributed by atoms with Gasteiger partial charge in [-0.3, -0.25) is 24.2 Å². The first-order valence-corrected chi connectivity index (χ1v) is 11.5. The van der Waals surface area contributed by atoms with E-state index < -0.39 is 17.4 Å². The van der Waals surface area contributed by atoms with E-state index in [-0.39, 0.29) is 23.8 Å². The molecule has 4 unspecified atom stereocenters. The SMILES string of the molecule is Cc1ccc2c(c1C)NC(=O)C21C2C(=O)N(CCc3ccccc3)C(=O)C2C2CCCN21. The average Bonchev–Trinajstić information content (AvgIpc) is 3.50. The van der Waals surface area contributed by atoms with Gasteiger partial charge in [-0.25, -0.2) is 0 Å². The molecule has 3 saturated heterocycles. The van der Waals surface area contributed by atoms with Crippen LogP contribution in [0, 0.1) is 25.7 Å². The minimum atomic E-state index is -1.08. The maximum Gasteiger partial charge on any atom is 0.250 e. The average molecular weight is 430 g/mol. The van der Waals surface area contributed by atoms with Gasteiger partial charge in [-0.2, -0.15) is 0 Å². The van der Waals surface area contributed by atoms with E-state index in [1.165, 1.54) is 4.90 Å². The van der Waals surface area contributed by atoms with Gasteiger partial charge in [0.1, 0.15) is 5.54 Å². The number of hydrogen-bond donors (Lipinski definition) is 1. The normalized spacial score (nSPS) is 30.8. The van der Waals surface area contributed by atoms with E-state index in [2.05, 4.69) is 10.2 Å². The van der Waals surface area contributed by atoms with E-state index in [1.54, 1.807) is 0 Å². The highest BCUT2D eigenvalue weighted by Gasteiger charge is 2.74.